The summed E-state index contributed by atoms with van der Waals surface area (Å²) in [5.41, 5.74) is 7.50. The quantitative estimate of drug-likeness (QED) is 0.645. The van der Waals surface area contributed by atoms with Crippen molar-refractivity contribution in [2.75, 3.05) is 21.3 Å². The number of hydrogen-bond donors (Lipinski definition) is 2. The molecule has 2 unspecified atom stereocenters. The van der Waals surface area contributed by atoms with Crippen LogP contribution in [-0.4, -0.2) is 42.2 Å². The second kappa shape index (κ2) is 9.29. The third-order valence-electron chi connectivity index (χ3n) is 3.83. The number of rotatable bonds is 10. The summed E-state index contributed by atoms with van der Waals surface area (Å²) in [6.45, 7) is 2.92. The van der Waals surface area contributed by atoms with E-state index in [0.717, 1.165) is 19.0 Å². The van der Waals surface area contributed by atoms with Gasteiger partial charge in [-0.15, -0.1) is 0 Å². The van der Waals surface area contributed by atoms with E-state index in [0.29, 0.717) is 0 Å². The Morgan fingerprint density at radius 2 is 1.67 bits per heavy atom. The van der Waals surface area contributed by atoms with E-state index < -0.39 is 8.80 Å². The molecule has 3 N–H and O–H groups in total. The van der Waals surface area contributed by atoms with Gasteiger partial charge in [-0.3, -0.25) is 0 Å². The van der Waals surface area contributed by atoms with E-state index in [1.807, 2.05) is 18.2 Å². The van der Waals surface area contributed by atoms with Crippen LogP contribution < -0.4 is 11.1 Å². The summed E-state index contributed by atoms with van der Waals surface area (Å²) in [5.74, 6) is 0. The van der Waals surface area contributed by atoms with E-state index in [-0.39, 0.29) is 12.1 Å². The topological polar surface area (TPSA) is 65.7 Å². The van der Waals surface area contributed by atoms with Crippen LogP contribution in [0.1, 0.15) is 18.9 Å². The smallest absolute Gasteiger partial charge is 0.377 e. The Morgan fingerprint density at radius 3 is 2.19 bits per heavy atom. The van der Waals surface area contributed by atoms with Gasteiger partial charge in [-0.25, -0.2) is 0 Å². The number of nitrogens with one attached hydrogen (secondary N) is 1. The van der Waals surface area contributed by atoms with Crippen LogP contribution in [0.5, 0.6) is 0 Å². The van der Waals surface area contributed by atoms with Gasteiger partial charge < -0.3 is 24.3 Å². The lowest BCUT2D eigenvalue weighted by Gasteiger charge is -2.27. The SMILES string of the molecule is CO[Si](CCC(N)C(C)NCc1ccccc1)(OC)OC. The Hall–Kier alpha value is -0.763. The van der Waals surface area contributed by atoms with Gasteiger partial charge in [0, 0.05) is 46.0 Å². The molecule has 0 fully saturated rings. The predicted octanol–water partition coefficient (Wildman–Crippen LogP) is 1.76. The van der Waals surface area contributed by atoms with Crippen molar-refractivity contribution in [2.45, 2.75) is 38.0 Å². The number of nitrogens with two attached hydrogens (primary N) is 1. The van der Waals surface area contributed by atoms with Crippen LogP contribution in [0.3, 0.4) is 0 Å². The maximum absolute atomic E-state index is 6.25. The zero-order chi connectivity index (χ0) is 15.7. The summed E-state index contributed by atoms with van der Waals surface area (Å²) in [4.78, 5) is 0. The molecule has 0 heterocycles. The van der Waals surface area contributed by atoms with Gasteiger partial charge in [-0.05, 0) is 18.9 Å². The number of hydrogen-bond acceptors (Lipinski definition) is 5. The van der Waals surface area contributed by atoms with Gasteiger partial charge in [0.1, 0.15) is 0 Å². The van der Waals surface area contributed by atoms with Gasteiger partial charge in [0.05, 0.1) is 0 Å². The molecule has 0 aromatic heterocycles. The van der Waals surface area contributed by atoms with E-state index in [2.05, 4.69) is 24.4 Å². The minimum atomic E-state index is -2.52. The molecule has 0 saturated carbocycles. The molecule has 1 aromatic carbocycles. The molecule has 2 atom stereocenters. The van der Waals surface area contributed by atoms with Crippen LogP contribution in [-0.2, 0) is 19.8 Å². The Balaban J connectivity index is 2.38. The fraction of sp³-hybridized carbons (Fsp3) is 0.600. The molecule has 1 aromatic rings. The highest BCUT2D eigenvalue weighted by Crippen LogP contribution is 2.17. The first-order valence-electron chi connectivity index (χ1n) is 7.25. The standard InChI is InChI=1S/C15H28N2O3Si/c1-13(17-12-14-8-6-5-7-9-14)15(16)10-11-21(18-2,19-3)20-4/h5-9,13,15,17H,10-12,16H2,1-4H3. The van der Waals surface area contributed by atoms with Gasteiger partial charge >= 0.3 is 8.80 Å². The molecule has 0 amide bonds. The van der Waals surface area contributed by atoms with E-state index >= 15 is 0 Å². The molecule has 21 heavy (non-hydrogen) atoms. The molecule has 0 saturated heterocycles. The monoisotopic (exact) mass is 312 g/mol. The van der Waals surface area contributed by atoms with Gasteiger partial charge in [0.25, 0.3) is 0 Å². The van der Waals surface area contributed by atoms with E-state index in [1.54, 1.807) is 21.3 Å². The fourth-order valence-corrected chi connectivity index (χ4v) is 3.97. The van der Waals surface area contributed by atoms with Gasteiger partial charge in [0.15, 0.2) is 0 Å². The average molecular weight is 312 g/mol. The molecule has 0 spiro atoms. The molecular weight excluding hydrogens is 284 g/mol. The van der Waals surface area contributed by atoms with Crippen molar-refractivity contribution in [3.05, 3.63) is 35.9 Å². The normalized spacial score (nSPS) is 14.9. The Kier molecular flexibility index (Phi) is 8.09. The Labute approximate surface area is 129 Å². The highest BCUT2D eigenvalue weighted by atomic mass is 28.4. The first kappa shape index (κ1) is 18.3. The van der Waals surface area contributed by atoms with Crippen LogP contribution >= 0.6 is 0 Å². The van der Waals surface area contributed by atoms with Crippen LogP contribution in [0, 0.1) is 0 Å². The Morgan fingerprint density at radius 1 is 1.10 bits per heavy atom. The first-order chi connectivity index (χ1) is 10.1. The zero-order valence-corrected chi connectivity index (χ0v) is 14.5. The first-order valence-corrected chi connectivity index (χ1v) is 9.18. The summed E-state index contributed by atoms with van der Waals surface area (Å²) < 4.78 is 16.2. The van der Waals surface area contributed by atoms with Crippen molar-refractivity contribution in [3.8, 4) is 0 Å². The van der Waals surface area contributed by atoms with Crippen LogP contribution in [0.2, 0.25) is 6.04 Å². The zero-order valence-electron chi connectivity index (χ0n) is 13.5. The van der Waals surface area contributed by atoms with Crippen molar-refractivity contribution < 1.29 is 13.3 Å². The molecule has 0 radical (unpaired) electrons. The molecule has 5 nitrogen and oxygen atoms in total. The van der Waals surface area contributed by atoms with E-state index in [1.165, 1.54) is 5.56 Å². The van der Waals surface area contributed by atoms with Gasteiger partial charge in [-0.1, -0.05) is 30.3 Å². The maximum Gasteiger partial charge on any atom is 0.500 e. The average Bonchev–Trinajstić information content (AvgIpc) is 2.55. The second-order valence-corrected chi connectivity index (χ2v) is 8.24. The lowest BCUT2D eigenvalue weighted by Crippen LogP contribution is -2.47. The van der Waals surface area contributed by atoms with Crippen molar-refractivity contribution in [1.82, 2.24) is 5.32 Å². The molecular formula is C15H28N2O3Si. The minimum Gasteiger partial charge on any atom is -0.377 e. The number of benzene rings is 1. The summed E-state index contributed by atoms with van der Waals surface area (Å²) in [6.07, 6.45) is 0.796. The van der Waals surface area contributed by atoms with Crippen LogP contribution in [0.15, 0.2) is 30.3 Å². The largest absolute Gasteiger partial charge is 0.500 e. The minimum absolute atomic E-state index is 0.0287. The third-order valence-corrected chi connectivity index (χ3v) is 6.60. The molecule has 0 bridgehead atoms. The van der Waals surface area contributed by atoms with Crippen molar-refractivity contribution in [2.24, 2.45) is 5.73 Å². The summed E-state index contributed by atoms with van der Waals surface area (Å²) in [6, 6.07) is 11.3. The summed E-state index contributed by atoms with van der Waals surface area (Å²) >= 11 is 0. The Bertz CT molecular complexity index is 380. The highest BCUT2D eigenvalue weighted by molar-refractivity contribution is 6.60. The molecule has 0 aliphatic rings. The highest BCUT2D eigenvalue weighted by Gasteiger charge is 2.38. The second-order valence-electron chi connectivity index (χ2n) is 5.15. The molecule has 0 aliphatic carbocycles. The van der Waals surface area contributed by atoms with Gasteiger partial charge in [-0.2, -0.15) is 0 Å². The molecule has 120 valence electrons. The van der Waals surface area contributed by atoms with Crippen molar-refractivity contribution in [1.29, 1.82) is 0 Å². The van der Waals surface area contributed by atoms with Crippen LogP contribution in [0.25, 0.3) is 0 Å². The fourth-order valence-electron chi connectivity index (χ4n) is 2.18. The van der Waals surface area contributed by atoms with E-state index in [9.17, 15) is 0 Å². The van der Waals surface area contributed by atoms with Crippen LogP contribution in [0.4, 0.5) is 0 Å². The van der Waals surface area contributed by atoms with Crippen molar-refractivity contribution >= 4 is 8.80 Å². The lowest BCUT2D eigenvalue weighted by molar-refractivity contribution is 0.122. The summed E-state index contributed by atoms with van der Waals surface area (Å²) in [5, 5.41) is 3.46. The molecule has 1 rings (SSSR count). The van der Waals surface area contributed by atoms with Crippen molar-refractivity contribution in [3.63, 3.8) is 0 Å². The lowest BCUT2D eigenvalue weighted by atomic mass is 10.1. The maximum atomic E-state index is 6.25. The summed E-state index contributed by atoms with van der Waals surface area (Å²) in [7, 11) is 2.36. The molecule has 0 aliphatic heterocycles. The van der Waals surface area contributed by atoms with Gasteiger partial charge in [0.2, 0.25) is 0 Å². The predicted molar refractivity (Wildman–Crippen MR) is 86.9 cm³/mol. The molecule has 6 heteroatoms. The third kappa shape index (κ3) is 5.86. The van der Waals surface area contributed by atoms with E-state index in [4.69, 9.17) is 19.0 Å².